The Hall–Kier alpha value is -4.53. The number of aromatic nitrogens is 1. The van der Waals surface area contributed by atoms with Crippen LogP contribution in [0.25, 0.3) is 0 Å². The number of carbonyl (C=O) groups excluding carboxylic acids is 2. The van der Waals surface area contributed by atoms with Crippen LogP contribution >= 0.6 is 0 Å². The molecular formula is C27H23F6N3O6. The monoisotopic (exact) mass is 599 g/mol. The molecule has 2 heterocycles. The molecule has 42 heavy (non-hydrogen) atoms. The summed E-state index contributed by atoms with van der Waals surface area (Å²) in [5.74, 6) is -6.21. The van der Waals surface area contributed by atoms with Gasteiger partial charge in [-0.25, -0.2) is 8.78 Å². The van der Waals surface area contributed by atoms with E-state index in [1.807, 2.05) is 0 Å². The molecule has 4 rings (SSSR count). The second-order valence-corrected chi connectivity index (χ2v) is 9.26. The smallest absolute Gasteiger partial charge is 0.387 e. The van der Waals surface area contributed by atoms with E-state index >= 15 is 8.78 Å². The van der Waals surface area contributed by atoms with Gasteiger partial charge in [0.15, 0.2) is 0 Å². The van der Waals surface area contributed by atoms with Gasteiger partial charge in [0.25, 0.3) is 11.5 Å². The highest BCUT2D eigenvalue weighted by atomic mass is 19.3. The number of ether oxygens (including phenoxy) is 2. The standard InChI is InChI=1S/C27H23F6N3O6/c1-13-7-8-36(27(32,33)12-37)25(40)22(13)35-11-17(20-18(28)9-16(41-2)10-19(20)29)21(24(35)39)34-23(38)14-3-5-15(6-4-14)42-26(30)31/h3-10,17,21,26,37H,11-12H2,1-2H3,(H,34,38)/t17-,21-/m0/s1. The van der Waals surface area contributed by atoms with Crippen LogP contribution in [0, 0.1) is 18.6 Å². The van der Waals surface area contributed by atoms with Crippen LogP contribution in [0.5, 0.6) is 11.5 Å². The minimum Gasteiger partial charge on any atom is -0.497 e. The maximum atomic E-state index is 15.2. The number of rotatable bonds is 9. The Morgan fingerprint density at radius 3 is 2.26 bits per heavy atom. The predicted molar refractivity (Wildman–Crippen MR) is 135 cm³/mol. The summed E-state index contributed by atoms with van der Waals surface area (Å²) in [6.07, 6.45) is 0.721. The van der Waals surface area contributed by atoms with Crippen molar-refractivity contribution in [3.63, 3.8) is 0 Å². The molecule has 1 aliphatic heterocycles. The van der Waals surface area contributed by atoms with E-state index in [-0.39, 0.29) is 27.2 Å². The zero-order valence-corrected chi connectivity index (χ0v) is 21.9. The number of hydrogen-bond donors (Lipinski definition) is 2. The van der Waals surface area contributed by atoms with Crippen molar-refractivity contribution in [2.45, 2.75) is 31.5 Å². The van der Waals surface area contributed by atoms with Crippen molar-refractivity contribution in [2.75, 3.05) is 25.2 Å². The van der Waals surface area contributed by atoms with Crippen molar-refractivity contribution >= 4 is 17.5 Å². The third-order valence-corrected chi connectivity index (χ3v) is 6.68. The van der Waals surface area contributed by atoms with Crippen LogP contribution in [0.4, 0.5) is 32.0 Å². The maximum absolute atomic E-state index is 15.2. The average Bonchev–Trinajstić information content (AvgIpc) is 3.23. The Morgan fingerprint density at radius 1 is 1.10 bits per heavy atom. The number of aliphatic hydroxyl groups excluding tert-OH is 1. The molecule has 0 bridgehead atoms. The van der Waals surface area contributed by atoms with Gasteiger partial charge in [0.1, 0.15) is 41.5 Å². The van der Waals surface area contributed by atoms with E-state index in [9.17, 15) is 31.9 Å². The molecular weight excluding hydrogens is 576 g/mol. The van der Waals surface area contributed by atoms with Gasteiger partial charge in [0.2, 0.25) is 5.91 Å². The number of anilines is 1. The summed E-state index contributed by atoms with van der Waals surface area (Å²) in [5.41, 5.74) is -2.67. The van der Waals surface area contributed by atoms with E-state index in [2.05, 4.69) is 10.1 Å². The minimum atomic E-state index is -4.04. The minimum absolute atomic E-state index is 0.0503. The lowest BCUT2D eigenvalue weighted by molar-refractivity contribution is -0.124. The highest BCUT2D eigenvalue weighted by Crippen LogP contribution is 2.37. The maximum Gasteiger partial charge on any atom is 0.387 e. The number of methoxy groups -OCH3 is 1. The molecule has 9 nitrogen and oxygen atoms in total. The van der Waals surface area contributed by atoms with Crippen LogP contribution < -0.4 is 25.2 Å². The molecule has 2 N–H and O–H groups in total. The predicted octanol–water partition coefficient (Wildman–Crippen LogP) is 3.52. The zero-order valence-electron chi connectivity index (χ0n) is 21.9. The molecule has 2 amide bonds. The number of hydrogen-bond acceptors (Lipinski definition) is 6. The number of pyridine rings is 1. The molecule has 0 aliphatic carbocycles. The van der Waals surface area contributed by atoms with Crippen molar-refractivity contribution in [2.24, 2.45) is 0 Å². The second-order valence-electron chi connectivity index (χ2n) is 9.26. The van der Waals surface area contributed by atoms with E-state index in [0.717, 1.165) is 53.6 Å². The van der Waals surface area contributed by atoms with Crippen LogP contribution in [0.1, 0.15) is 27.4 Å². The largest absolute Gasteiger partial charge is 0.497 e. The quantitative estimate of drug-likeness (QED) is 0.365. The van der Waals surface area contributed by atoms with Gasteiger partial charge >= 0.3 is 12.7 Å². The third kappa shape index (κ3) is 5.77. The Morgan fingerprint density at radius 2 is 1.71 bits per heavy atom. The Kier molecular flexibility index (Phi) is 8.52. The summed E-state index contributed by atoms with van der Waals surface area (Å²) in [6, 6.07) is 1.34. The molecule has 0 spiro atoms. The summed E-state index contributed by atoms with van der Waals surface area (Å²) in [4.78, 5) is 40.6. The van der Waals surface area contributed by atoms with Crippen molar-refractivity contribution < 1.29 is 50.5 Å². The molecule has 15 heteroatoms. The Balaban J connectivity index is 1.78. The first-order valence-electron chi connectivity index (χ1n) is 12.2. The molecule has 1 saturated heterocycles. The summed E-state index contributed by atoms with van der Waals surface area (Å²) >= 11 is 0. The van der Waals surface area contributed by atoms with Gasteiger partial charge in [-0.1, -0.05) is 0 Å². The van der Waals surface area contributed by atoms with E-state index in [0.29, 0.717) is 0 Å². The van der Waals surface area contributed by atoms with Gasteiger partial charge in [-0.3, -0.25) is 19.0 Å². The number of aliphatic hydroxyl groups is 1. The summed E-state index contributed by atoms with van der Waals surface area (Å²) in [7, 11) is 1.17. The lowest BCUT2D eigenvalue weighted by Crippen LogP contribution is -2.45. The first-order chi connectivity index (χ1) is 19.8. The fourth-order valence-corrected chi connectivity index (χ4v) is 4.68. The third-order valence-electron chi connectivity index (χ3n) is 6.68. The van der Waals surface area contributed by atoms with Crippen LogP contribution in [0.3, 0.4) is 0 Å². The molecule has 2 aromatic carbocycles. The summed E-state index contributed by atoms with van der Waals surface area (Å²) < 4.78 is 92.9. The molecule has 1 aromatic heterocycles. The number of alkyl halides is 4. The topological polar surface area (TPSA) is 110 Å². The van der Waals surface area contributed by atoms with E-state index in [1.54, 1.807) is 0 Å². The summed E-state index contributed by atoms with van der Waals surface area (Å²) in [6.45, 7) is -4.13. The Bertz CT molecular complexity index is 1540. The Labute approximate surface area is 233 Å². The average molecular weight is 599 g/mol. The van der Waals surface area contributed by atoms with E-state index < -0.39 is 78.0 Å². The molecule has 2 atom stereocenters. The van der Waals surface area contributed by atoms with E-state index in [1.165, 1.54) is 14.0 Å². The van der Waals surface area contributed by atoms with Crippen LogP contribution in [-0.4, -0.2) is 54.4 Å². The summed E-state index contributed by atoms with van der Waals surface area (Å²) in [5, 5.41) is 11.4. The van der Waals surface area contributed by atoms with Gasteiger partial charge in [-0.15, -0.1) is 0 Å². The number of halogens is 6. The molecule has 3 aromatic rings. The SMILES string of the molecule is COc1cc(F)c([C@@H]2CN(c3c(C)ccn(C(F)(F)CO)c3=O)C(=O)[C@H]2NC(=O)c2ccc(OC(F)F)cc2)c(F)c1. The molecule has 1 fully saturated rings. The highest BCUT2D eigenvalue weighted by Gasteiger charge is 2.47. The fourth-order valence-electron chi connectivity index (χ4n) is 4.68. The first-order valence-corrected chi connectivity index (χ1v) is 12.2. The lowest BCUT2D eigenvalue weighted by Gasteiger charge is -2.23. The molecule has 0 radical (unpaired) electrons. The second kappa shape index (κ2) is 11.8. The zero-order chi connectivity index (χ0) is 30.9. The van der Waals surface area contributed by atoms with Crippen LogP contribution in [0.15, 0.2) is 53.5 Å². The fraction of sp³-hybridized carbons (Fsp3) is 0.296. The molecule has 0 unspecified atom stereocenters. The molecule has 1 aliphatic rings. The first kappa shape index (κ1) is 30.4. The van der Waals surface area contributed by atoms with Gasteiger partial charge in [-0.2, -0.15) is 17.6 Å². The molecule has 0 saturated carbocycles. The van der Waals surface area contributed by atoms with Gasteiger partial charge in [0, 0.05) is 41.9 Å². The van der Waals surface area contributed by atoms with E-state index in [4.69, 9.17) is 9.84 Å². The highest BCUT2D eigenvalue weighted by molar-refractivity contribution is 6.05. The van der Waals surface area contributed by atoms with Gasteiger partial charge in [0.05, 0.1) is 7.11 Å². The lowest BCUT2D eigenvalue weighted by atomic mass is 9.92. The molecule has 224 valence electrons. The number of nitrogens with one attached hydrogen (secondary N) is 1. The number of amides is 2. The van der Waals surface area contributed by atoms with Crippen molar-refractivity contribution in [1.82, 2.24) is 9.88 Å². The van der Waals surface area contributed by atoms with Crippen molar-refractivity contribution in [3.8, 4) is 11.5 Å². The van der Waals surface area contributed by atoms with Crippen LogP contribution in [0.2, 0.25) is 0 Å². The normalized spacial score (nSPS) is 17.1. The number of nitrogens with zero attached hydrogens (tertiary/aromatic N) is 2. The van der Waals surface area contributed by atoms with Gasteiger partial charge < -0.3 is 24.8 Å². The van der Waals surface area contributed by atoms with Crippen molar-refractivity contribution in [1.29, 1.82) is 0 Å². The number of aryl methyl sites for hydroxylation is 1. The number of benzene rings is 2. The van der Waals surface area contributed by atoms with Crippen molar-refractivity contribution in [3.05, 3.63) is 87.3 Å². The van der Waals surface area contributed by atoms with Crippen LogP contribution in [-0.2, 0) is 10.8 Å². The number of carbonyl (C=O) groups is 2. The van der Waals surface area contributed by atoms with Gasteiger partial charge in [-0.05, 0) is 42.8 Å².